The lowest BCUT2D eigenvalue weighted by molar-refractivity contribution is -0.173. The number of hydrogen-bond acceptors (Lipinski definition) is 5. The summed E-state index contributed by atoms with van der Waals surface area (Å²) in [7, 11) is 0. The van der Waals surface area contributed by atoms with Crippen molar-refractivity contribution in [3.63, 3.8) is 0 Å². The van der Waals surface area contributed by atoms with Gasteiger partial charge < -0.3 is 14.2 Å². The van der Waals surface area contributed by atoms with Crippen LogP contribution in [0.1, 0.15) is 31.7 Å². The number of rotatable bonds is 5. The number of benzene rings is 1. The Hall–Kier alpha value is -1.92. The zero-order chi connectivity index (χ0) is 18.8. The van der Waals surface area contributed by atoms with Crippen LogP contribution in [0.25, 0.3) is 0 Å². The lowest BCUT2D eigenvalue weighted by Gasteiger charge is -2.34. The molecule has 2 heterocycles. The van der Waals surface area contributed by atoms with E-state index in [0.29, 0.717) is 19.1 Å². The minimum atomic E-state index is -0.579. The summed E-state index contributed by atoms with van der Waals surface area (Å²) < 4.78 is 16.9. The Labute approximate surface area is 159 Å². The molecule has 4 rings (SSSR count). The molecule has 5 atom stereocenters. The lowest BCUT2D eigenvalue weighted by atomic mass is 10.0. The summed E-state index contributed by atoms with van der Waals surface area (Å²) in [6, 6.07) is 8.98. The Morgan fingerprint density at radius 1 is 1.26 bits per heavy atom. The normalized spacial score (nSPS) is 32.7. The number of Topliss-reactive ketones (excluding diaryl/α,β-unsaturated/α-hetero) is 1. The quantitative estimate of drug-likeness (QED) is 0.794. The van der Waals surface area contributed by atoms with E-state index in [4.69, 9.17) is 14.2 Å². The molecule has 6 heteroatoms. The van der Waals surface area contributed by atoms with Gasteiger partial charge in [-0.05, 0) is 36.7 Å². The van der Waals surface area contributed by atoms with Crippen LogP contribution in [0.3, 0.4) is 0 Å². The standard InChI is InChI=1S/C21H27NO5/c1-14-16-11-22(21(24)27-12-15-7-3-2-4-8-15)17(20(23)19(14)16)13-26-18-9-5-6-10-25-18/h2-4,7-8,14,16-19H,5-6,9-13H2,1H3. The summed E-state index contributed by atoms with van der Waals surface area (Å²) >= 11 is 0. The second kappa shape index (κ2) is 7.98. The minimum Gasteiger partial charge on any atom is -0.445 e. The van der Waals surface area contributed by atoms with Gasteiger partial charge in [0.2, 0.25) is 0 Å². The average molecular weight is 373 g/mol. The second-order valence-electron chi connectivity index (χ2n) is 7.79. The highest BCUT2D eigenvalue weighted by atomic mass is 16.7. The highest BCUT2D eigenvalue weighted by Gasteiger charge is 2.59. The number of fused-ring (bicyclic) bond motifs is 1. The molecule has 3 fully saturated rings. The average Bonchev–Trinajstić information content (AvgIpc) is 3.37. The highest BCUT2D eigenvalue weighted by molar-refractivity contribution is 5.93. The molecule has 27 heavy (non-hydrogen) atoms. The maximum atomic E-state index is 12.9. The third-order valence-corrected chi connectivity index (χ3v) is 6.02. The molecule has 0 N–H and O–H groups in total. The highest BCUT2D eigenvalue weighted by Crippen LogP contribution is 2.51. The maximum Gasteiger partial charge on any atom is 0.410 e. The lowest BCUT2D eigenvalue weighted by Crippen LogP contribution is -2.53. The fraction of sp³-hybridized carbons (Fsp3) is 0.619. The molecule has 0 bridgehead atoms. The molecule has 0 aromatic heterocycles. The Morgan fingerprint density at radius 2 is 2.07 bits per heavy atom. The van der Waals surface area contributed by atoms with E-state index in [1.165, 1.54) is 0 Å². The fourth-order valence-electron chi connectivity index (χ4n) is 4.24. The molecule has 5 unspecified atom stereocenters. The smallest absolute Gasteiger partial charge is 0.410 e. The number of ketones is 1. The van der Waals surface area contributed by atoms with E-state index in [-0.39, 0.29) is 37.1 Å². The zero-order valence-corrected chi connectivity index (χ0v) is 15.7. The van der Waals surface area contributed by atoms with Crippen molar-refractivity contribution in [2.75, 3.05) is 19.8 Å². The monoisotopic (exact) mass is 373 g/mol. The van der Waals surface area contributed by atoms with E-state index in [9.17, 15) is 9.59 Å². The maximum absolute atomic E-state index is 12.9. The van der Waals surface area contributed by atoms with Crippen molar-refractivity contribution >= 4 is 11.9 Å². The van der Waals surface area contributed by atoms with Gasteiger partial charge in [-0.2, -0.15) is 0 Å². The van der Waals surface area contributed by atoms with E-state index in [2.05, 4.69) is 6.92 Å². The van der Waals surface area contributed by atoms with Gasteiger partial charge in [-0.3, -0.25) is 9.69 Å². The molecule has 1 aliphatic carbocycles. The van der Waals surface area contributed by atoms with Crippen LogP contribution in [0.5, 0.6) is 0 Å². The molecule has 0 spiro atoms. The number of nitrogens with zero attached hydrogens (tertiary/aromatic N) is 1. The van der Waals surface area contributed by atoms with Crippen molar-refractivity contribution in [3.05, 3.63) is 35.9 Å². The van der Waals surface area contributed by atoms with Crippen molar-refractivity contribution < 1.29 is 23.8 Å². The number of carbonyl (C=O) groups excluding carboxylic acids is 2. The first-order valence-corrected chi connectivity index (χ1v) is 9.89. The first kappa shape index (κ1) is 18.4. The number of hydrogen-bond donors (Lipinski definition) is 0. The van der Waals surface area contributed by atoms with E-state index in [1.54, 1.807) is 4.90 Å². The molecule has 2 aliphatic heterocycles. The van der Waals surface area contributed by atoms with Gasteiger partial charge in [0.1, 0.15) is 12.6 Å². The Morgan fingerprint density at radius 3 is 2.81 bits per heavy atom. The van der Waals surface area contributed by atoms with E-state index < -0.39 is 12.1 Å². The van der Waals surface area contributed by atoms with Gasteiger partial charge in [-0.25, -0.2) is 4.79 Å². The van der Waals surface area contributed by atoms with Gasteiger partial charge in [-0.15, -0.1) is 0 Å². The molecule has 6 nitrogen and oxygen atoms in total. The van der Waals surface area contributed by atoms with Crippen molar-refractivity contribution in [3.8, 4) is 0 Å². The molecule has 1 saturated carbocycles. The molecule has 0 radical (unpaired) electrons. The topological polar surface area (TPSA) is 65.1 Å². The molecule has 1 aromatic rings. The first-order valence-electron chi connectivity index (χ1n) is 9.89. The largest absolute Gasteiger partial charge is 0.445 e. The Balaban J connectivity index is 1.39. The summed E-state index contributed by atoms with van der Waals surface area (Å²) in [5.41, 5.74) is 0.926. The van der Waals surface area contributed by atoms with Crippen LogP contribution in [0.15, 0.2) is 30.3 Å². The SMILES string of the molecule is CC1C2CN(C(=O)OCc3ccccc3)C(COC3CCCCO3)C(=O)C12. The number of ether oxygens (including phenoxy) is 3. The van der Waals surface area contributed by atoms with Crippen LogP contribution in [0.4, 0.5) is 4.79 Å². The van der Waals surface area contributed by atoms with Crippen LogP contribution in [0, 0.1) is 17.8 Å². The van der Waals surface area contributed by atoms with Gasteiger partial charge in [0.05, 0.1) is 6.61 Å². The fourth-order valence-corrected chi connectivity index (χ4v) is 4.24. The van der Waals surface area contributed by atoms with Gasteiger partial charge in [0.25, 0.3) is 0 Å². The second-order valence-corrected chi connectivity index (χ2v) is 7.79. The zero-order valence-electron chi connectivity index (χ0n) is 15.7. The molecule has 1 aromatic carbocycles. The third kappa shape index (κ3) is 4.01. The first-order chi connectivity index (χ1) is 13.1. The predicted octanol–water partition coefficient (Wildman–Crippen LogP) is 3.00. The van der Waals surface area contributed by atoms with Gasteiger partial charge >= 0.3 is 6.09 Å². The van der Waals surface area contributed by atoms with E-state index >= 15 is 0 Å². The summed E-state index contributed by atoms with van der Waals surface area (Å²) in [5, 5.41) is 0. The van der Waals surface area contributed by atoms with Crippen LogP contribution < -0.4 is 0 Å². The van der Waals surface area contributed by atoms with Crippen molar-refractivity contribution in [1.82, 2.24) is 4.90 Å². The van der Waals surface area contributed by atoms with Crippen molar-refractivity contribution in [2.24, 2.45) is 17.8 Å². The number of amides is 1. The van der Waals surface area contributed by atoms with Crippen LogP contribution in [-0.4, -0.2) is 48.9 Å². The summed E-state index contributed by atoms with van der Waals surface area (Å²) in [6.45, 7) is 3.71. The molecular weight excluding hydrogens is 346 g/mol. The van der Waals surface area contributed by atoms with Gasteiger partial charge in [-0.1, -0.05) is 37.3 Å². The predicted molar refractivity (Wildman–Crippen MR) is 97.8 cm³/mol. The van der Waals surface area contributed by atoms with Crippen LogP contribution in [-0.2, 0) is 25.6 Å². The summed E-state index contributed by atoms with van der Waals surface area (Å²) in [6.07, 6.45) is 2.22. The number of piperidine rings is 1. The Kier molecular flexibility index (Phi) is 5.45. The minimum absolute atomic E-state index is 0.0593. The molecule has 3 aliphatic rings. The van der Waals surface area contributed by atoms with Crippen LogP contribution in [0.2, 0.25) is 0 Å². The Bertz CT molecular complexity index is 672. The number of carbonyl (C=O) groups is 2. The van der Waals surface area contributed by atoms with E-state index in [1.807, 2.05) is 30.3 Å². The molecular formula is C21H27NO5. The molecule has 146 valence electrons. The third-order valence-electron chi connectivity index (χ3n) is 6.02. The summed E-state index contributed by atoms with van der Waals surface area (Å²) in [5.74, 6) is 0.747. The molecule has 1 amide bonds. The summed E-state index contributed by atoms with van der Waals surface area (Å²) in [4.78, 5) is 27.2. The molecule has 2 saturated heterocycles. The van der Waals surface area contributed by atoms with Crippen LogP contribution >= 0.6 is 0 Å². The van der Waals surface area contributed by atoms with Crippen molar-refractivity contribution in [1.29, 1.82) is 0 Å². The van der Waals surface area contributed by atoms with Gasteiger partial charge in [0.15, 0.2) is 12.1 Å². The van der Waals surface area contributed by atoms with Crippen molar-refractivity contribution in [2.45, 2.75) is 45.1 Å². The number of likely N-dealkylation sites (tertiary alicyclic amines) is 1. The van der Waals surface area contributed by atoms with E-state index in [0.717, 1.165) is 24.8 Å². The van der Waals surface area contributed by atoms with Gasteiger partial charge in [0, 0.05) is 19.1 Å².